The van der Waals surface area contributed by atoms with Crippen molar-refractivity contribution in [2.75, 3.05) is 12.4 Å². The van der Waals surface area contributed by atoms with Crippen LogP contribution in [0, 0.1) is 0 Å². The van der Waals surface area contributed by atoms with E-state index in [4.69, 9.17) is 17.0 Å². The Kier molecular flexibility index (Phi) is 6.11. The highest BCUT2D eigenvalue weighted by Crippen LogP contribution is 2.39. The Morgan fingerprint density at radius 2 is 1.83 bits per heavy atom. The van der Waals surface area contributed by atoms with Crippen molar-refractivity contribution in [1.82, 2.24) is 5.32 Å². The van der Waals surface area contributed by atoms with Crippen LogP contribution in [0.15, 0.2) is 0 Å². The highest BCUT2D eigenvalue weighted by Gasteiger charge is 2.27. The van der Waals surface area contributed by atoms with Crippen LogP contribution in [-0.2, 0) is 17.6 Å². The van der Waals surface area contributed by atoms with Crippen LogP contribution in [0.4, 0.5) is 5.00 Å². The molecule has 3 rings (SSSR count). The molecular weight excluding hydrogens is 340 g/mol. The lowest BCUT2D eigenvalue weighted by Crippen LogP contribution is -2.38. The maximum atomic E-state index is 12.2. The normalized spacial score (nSPS) is 18.4. The molecule has 24 heavy (non-hydrogen) atoms. The Balaban J connectivity index is 1.66. The quantitative estimate of drug-likeness (QED) is 0.612. The number of fused-ring (bicyclic) bond motifs is 1. The van der Waals surface area contributed by atoms with Gasteiger partial charge in [0.25, 0.3) is 0 Å². The van der Waals surface area contributed by atoms with Crippen molar-refractivity contribution in [2.45, 2.75) is 70.3 Å². The van der Waals surface area contributed by atoms with Crippen molar-refractivity contribution in [2.24, 2.45) is 0 Å². The highest BCUT2D eigenvalue weighted by molar-refractivity contribution is 7.80. The molecule has 0 unspecified atom stereocenters. The van der Waals surface area contributed by atoms with Crippen LogP contribution in [0.1, 0.15) is 72.2 Å². The first-order chi connectivity index (χ1) is 11.7. The molecule has 0 amide bonds. The summed E-state index contributed by atoms with van der Waals surface area (Å²) in [7, 11) is 1.44. The van der Waals surface area contributed by atoms with Crippen molar-refractivity contribution >= 4 is 39.6 Å². The number of thiophene rings is 1. The van der Waals surface area contributed by atoms with E-state index in [-0.39, 0.29) is 5.97 Å². The minimum absolute atomic E-state index is 0.259. The minimum Gasteiger partial charge on any atom is -0.465 e. The number of hydrogen-bond acceptors (Lipinski definition) is 4. The average molecular weight is 367 g/mol. The summed E-state index contributed by atoms with van der Waals surface area (Å²) in [5.41, 5.74) is 1.85. The van der Waals surface area contributed by atoms with Crippen molar-refractivity contribution < 1.29 is 9.53 Å². The van der Waals surface area contributed by atoms with E-state index in [1.54, 1.807) is 11.3 Å². The maximum Gasteiger partial charge on any atom is 0.341 e. The number of nitrogens with one attached hydrogen (secondary N) is 2. The summed E-state index contributed by atoms with van der Waals surface area (Å²) in [6.45, 7) is 0. The Morgan fingerprint density at radius 1 is 1.12 bits per heavy atom. The molecular formula is C18H26N2O2S2. The summed E-state index contributed by atoms with van der Waals surface area (Å²) in [5, 5.41) is 8.21. The molecule has 6 heteroatoms. The summed E-state index contributed by atoms with van der Waals surface area (Å²) in [5.74, 6) is -0.259. The van der Waals surface area contributed by atoms with Gasteiger partial charge in [-0.05, 0) is 49.9 Å². The molecule has 0 aromatic carbocycles. The number of esters is 1. The molecule has 0 radical (unpaired) electrons. The fourth-order valence-corrected chi connectivity index (χ4v) is 5.35. The Bertz CT molecular complexity index is 604. The van der Waals surface area contributed by atoms with Crippen LogP contribution in [-0.4, -0.2) is 24.2 Å². The monoisotopic (exact) mass is 366 g/mol. The zero-order chi connectivity index (χ0) is 16.9. The van der Waals surface area contributed by atoms with Gasteiger partial charge >= 0.3 is 5.97 Å². The molecule has 0 aliphatic heterocycles. The van der Waals surface area contributed by atoms with Crippen molar-refractivity contribution in [3.8, 4) is 0 Å². The summed E-state index contributed by atoms with van der Waals surface area (Å²) in [4.78, 5) is 13.5. The van der Waals surface area contributed by atoms with E-state index >= 15 is 0 Å². The molecule has 0 bridgehead atoms. The second-order valence-electron chi connectivity index (χ2n) is 6.69. The third kappa shape index (κ3) is 4.09. The smallest absolute Gasteiger partial charge is 0.341 e. The van der Waals surface area contributed by atoms with Gasteiger partial charge in [0.15, 0.2) is 5.11 Å². The SMILES string of the molecule is COC(=O)c1c(NC(=S)NC2CCCCCCC2)sc2c1CCC2. The van der Waals surface area contributed by atoms with Crippen molar-refractivity contribution in [3.63, 3.8) is 0 Å². The molecule has 4 nitrogen and oxygen atoms in total. The topological polar surface area (TPSA) is 50.4 Å². The summed E-state index contributed by atoms with van der Waals surface area (Å²) < 4.78 is 4.99. The van der Waals surface area contributed by atoms with Crippen LogP contribution in [0.3, 0.4) is 0 Å². The lowest BCUT2D eigenvalue weighted by molar-refractivity contribution is 0.0601. The van der Waals surface area contributed by atoms with E-state index in [2.05, 4.69) is 10.6 Å². The molecule has 1 heterocycles. The summed E-state index contributed by atoms with van der Waals surface area (Å²) in [6.07, 6.45) is 12.0. The third-order valence-electron chi connectivity index (χ3n) is 4.98. The number of rotatable bonds is 3. The van der Waals surface area contributed by atoms with Gasteiger partial charge in [0.1, 0.15) is 5.00 Å². The molecule has 1 aromatic heterocycles. The van der Waals surface area contributed by atoms with Crippen LogP contribution >= 0.6 is 23.6 Å². The molecule has 2 aliphatic rings. The summed E-state index contributed by atoms with van der Waals surface area (Å²) in [6, 6.07) is 0.443. The fourth-order valence-electron chi connectivity index (χ4n) is 3.74. The molecule has 0 saturated heterocycles. The summed E-state index contributed by atoms with van der Waals surface area (Å²) >= 11 is 7.17. The first kappa shape index (κ1) is 17.7. The number of aryl methyl sites for hydroxylation is 1. The van der Waals surface area contributed by atoms with Gasteiger partial charge in [-0.3, -0.25) is 0 Å². The Hall–Kier alpha value is -1.14. The van der Waals surface area contributed by atoms with Crippen LogP contribution in [0.25, 0.3) is 0 Å². The average Bonchev–Trinajstić information content (AvgIpc) is 3.09. The lowest BCUT2D eigenvalue weighted by atomic mass is 9.97. The predicted octanol–water partition coefficient (Wildman–Crippen LogP) is 4.42. The van der Waals surface area contributed by atoms with Gasteiger partial charge < -0.3 is 15.4 Å². The van der Waals surface area contributed by atoms with Crippen LogP contribution in [0.2, 0.25) is 0 Å². The second kappa shape index (κ2) is 8.30. The van der Waals surface area contributed by atoms with Gasteiger partial charge in [0.2, 0.25) is 0 Å². The molecule has 0 spiro atoms. The fraction of sp³-hybridized carbons (Fsp3) is 0.667. The van der Waals surface area contributed by atoms with Gasteiger partial charge in [-0.25, -0.2) is 4.79 Å². The van der Waals surface area contributed by atoms with E-state index in [9.17, 15) is 4.79 Å². The molecule has 2 aliphatic carbocycles. The molecule has 1 fully saturated rings. The van der Waals surface area contributed by atoms with Crippen LogP contribution < -0.4 is 10.6 Å². The number of thiocarbonyl (C=S) groups is 1. The van der Waals surface area contributed by atoms with Crippen LogP contribution in [0.5, 0.6) is 0 Å². The molecule has 1 saturated carbocycles. The number of anilines is 1. The molecule has 1 aromatic rings. The van der Waals surface area contributed by atoms with Gasteiger partial charge in [0.05, 0.1) is 12.7 Å². The molecule has 132 valence electrons. The third-order valence-corrected chi connectivity index (χ3v) is 6.41. The number of hydrogen-bond donors (Lipinski definition) is 2. The lowest BCUT2D eigenvalue weighted by Gasteiger charge is -2.22. The number of ether oxygens (including phenoxy) is 1. The van der Waals surface area contributed by atoms with Gasteiger partial charge in [-0.1, -0.05) is 32.1 Å². The zero-order valence-corrected chi connectivity index (χ0v) is 15.9. The first-order valence-electron chi connectivity index (χ1n) is 8.99. The second-order valence-corrected chi connectivity index (χ2v) is 8.21. The minimum atomic E-state index is -0.259. The largest absolute Gasteiger partial charge is 0.465 e. The van der Waals surface area contributed by atoms with Gasteiger partial charge in [-0.2, -0.15) is 0 Å². The van der Waals surface area contributed by atoms with E-state index < -0.39 is 0 Å². The van der Waals surface area contributed by atoms with E-state index in [1.165, 1.54) is 56.9 Å². The molecule has 0 atom stereocenters. The standard InChI is InChI=1S/C18H26N2O2S2/c1-22-17(21)15-13-10-7-11-14(13)24-16(15)20-18(23)19-12-8-5-3-2-4-6-9-12/h12H,2-11H2,1H3,(H2,19,20,23). The number of methoxy groups -OCH3 is 1. The molecule has 2 N–H and O–H groups in total. The Morgan fingerprint density at radius 3 is 2.54 bits per heavy atom. The number of carbonyl (C=O) groups excluding carboxylic acids is 1. The van der Waals surface area contributed by atoms with E-state index in [0.29, 0.717) is 16.7 Å². The number of carbonyl (C=O) groups is 1. The predicted molar refractivity (Wildman–Crippen MR) is 103 cm³/mol. The van der Waals surface area contributed by atoms with E-state index in [0.717, 1.165) is 29.8 Å². The Labute approximate surface area is 153 Å². The maximum absolute atomic E-state index is 12.2. The van der Waals surface area contributed by atoms with Crippen molar-refractivity contribution in [3.05, 3.63) is 16.0 Å². The first-order valence-corrected chi connectivity index (χ1v) is 10.2. The van der Waals surface area contributed by atoms with Gasteiger partial charge in [0, 0.05) is 10.9 Å². The van der Waals surface area contributed by atoms with Gasteiger partial charge in [-0.15, -0.1) is 11.3 Å². The van der Waals surface area contributed by atoms with E-state index in [1.807, 2.05) is 0 Å². The zero-order valence-electron chi connectivity index (χ0n) is 14.3. The van der Waals surface area contributed by atoms with Crippen molar-refractivity contribution in [1.29, 1.82) is 0 Å². The highest BCUT2D eigenvalue weighted by atomic mass is 32.1.